The summed E-state index contributed by atoms with van der Waals surface area (Å²) in [5, 5.41) is 11.0. The highest BCUT2D eigenvalue weighted by atomic mass is 35.5. The molecule has 3 atom stereocenters. The zero-order chi connectivity index (χ0) is 11.5. The van der Waals surface area contributed by atoms with Crippen molar-refractivity contribution >= 4 is 11.6 Å². The van der Waals surface area contributed by atoms with Crippen molar-refractivity contribution in [3.63, 3.8) is 0 Å². The Labute approximate surface area is 102 Å². The van der Waals surface area contributed by atoms with Crippen LogP contribution in [0.2, 0.25) is 5.02 Å². The quantitative estimate of drug-likeness (QED) is 0.819. The fourth-order valence-electron chi connectivity index (χ4n) is 2.70. The van der Waals surface area contributed by atoms with E-state index >= 15 is 0 Å². The lowest BCUT2D eigenvalue weighted by molar-refractivity contribution is 0.0714. The summed E-state index contributed by atoms with van der Waals surface area (Å²) < 4.78 is 0. The molecule has 1 fully saturated rings. The Morgan fingerprint density at radius 2 is 1.94 bits per heavy atom. The smallest absolute Gasteiger partial charge is 0.0818 e. The van der Waals surface area contributed by atoms with Crippen molar-refractivity contribution in [1.29, 1.82) is 0 Å². The van der Waals surface area contributed by atoms with E-state index in [9.17, 15) is 5.11 Å². The highest BCUT2D eigenvalue weighted by molar-refractivity contribution is 6.30. The molecule has 1 aliphatic rings. The molecule has 3 unspecified atom stereocenters. The molecule has 1 aromatic carbocycles. The van der Waals surface area contributed by atoms with Crippen LogP contribution in [-0.4, -0.2) is 5.11 Å². The molecule has 0 radical (unpaired) electrons. The summed E-state index contributed by atoms with van der Waals surface area (Å²) in [6, 6.07) is 7.58. The van der Waals surface area contributed by atoms with Crippen LogP contribution in [0.15, 0.2) is 24.3 Å². The van der Waals surface area contributed by atoms with Crippen molar-refractivity contribution in [2.24, 2.45) is 11.8 Å². The molecule has 1 nitrogen and oxygen atoms in total. The van der Waals surface area contributed by atoms with Gasteiger partial charge in [0, 0.05) is 5.02 Å². The zero-order valence-corrected chi connectivity index (χ0v) is 10.5. The second-order valence-electron chi connectivity index (χ2n) is 5.03. The lowest BCUT2D eigenvalue weighted by Gasteiger charge is -2.30. The number of aliphatic hydroxyl groups is 1. The molecule has 88 valence electrons. The number of aliphatic hydroxyl groups excluding tert-OH is 1. The largest absolute Gasteiger partial charge is 0.388 e. The Morgan fingerprint density at radius 1 is 1.25 bits per heavy atom. The summed E-state index contributed by atoms with van der Waals surface area (Å²) in [6.07, 6.45) is 4.53. The predicted octanol–water partition coefficient (Wildman–Crippen LogP) is 4.20. The van der Waals surface area contributed by atoms with Crippen LogP contribution in [0.3, 0.4) is 0 Å². The van der Waals surface area contributed by atoms with Gasteiger partial charge in [0.25, 0.3) is 0 Å². The maximum absolute atomic E-state index is 10.3. The highest BCUT2D eigenvalue weighted by Gasteiger charge is 2.26. The SMILES string of the molecule is CC1CCCC(C(O)c2ccc(Cl)cc2)C1. The maximum atomic E-state index is 10.3. The summed E-state index contributed by atoms with van der Waals surface area (Å²) in [4.78, 5) is 0. The molecule has 1 N–H and O–H groups in total. The van der Waals surface area contributed by atoms with E-state index in [1.807, 2.05) is 24.3 Å². The van der Waals surface area contributed by atoms with Gasteiger partial charge in [-0.25, -0.2) is 0 Å². The highest BCUT2D eigenvalue weighted by Crippen LogP contribution is 2.37. The van der Waals surface area contributed by atoms with Crippen LogP contribution in [0.4, 0.5) is 0 Å². The van der Waals surface area contributed by atoms with Gasteiger partial charge >= 0.3 is 0 Å². The first-order valence-corrected chi connectivity index (χ1v) is 6.48. The Bertz CT molecular complexity index is 333. The minimum absolute atomic E-state index is 0.319. The van der Waals surface area contributed by atoms with Crippen molar-refractivity contribution in [2.45, 2.75) is 38.7 Å². The van der Waals surface area contributed by atoms with Crippen molar-refractivity contribution < 1.29 is 5.11 Å². The summed E-state index contributed by atoms with van der Waals surface area (Å²) in [7, 11) is 0. The number of rotatable bonds is 2. The van der Waals surface area contributed by atoms with Gasteiger partial charge in [-0.3, -0.25) is 0 Å². The molecule has 2 heteroatoms. The molecule has 1 aromatic rings. The van der Waals surface area contributed by atoms with Gasteiger partial charge in [-0.2, -0.15) is 0 Å². The lowest BCUT2D eigenvalue weighted by Crippen LogP contribution is -2.20. The molecule has 16 heavy (non-hydrogen) atoms. The molecule has 0 aliphatic heterocycles. The van der Waals surface area contributed by atoms with Gasteiger partial charge < -0.3 is 5.11 Å². The van der Waals surface area contributed by atoms with Gasteiger partial charge in [0.2, 0.25) is 0 Å². The molecule has 2 rings (SSSR count). The molecule has 0 aromatic heterocycles. The van der Waals surface area contributed by atoms with Gasteiger partial charge in [0.05, 0.1) is 6.10 Å². The molecule has 0 bridgehead atoms. The van der Waals surface area contributed by atoms with Crippen molar-refractivity contribution in [3.8, 4) is 0 Å². The molecule has 1 saturated carbocycles. The summed E-state index contributed by atoms with van der Waals surface area (Å²) in [5.74, 6) is 1.17. The molecule has 0 saturated heterocycles. The fraction of sp³-hybridized carbons (Fsp3) is 0.571. The average molecular weight is 239 g/mol. The van der Waals surface area contributed by atoms with Crippen molar-refractivity contribution in [1.82, 2.24) is 0 Å². The molecular formula is C14H19ClO. The van der Waals surface area contributed by atoms with Gasteiger partial charge in [-0.15, -0.1) is 0 Å². The second-order valence-corrected chi connectivity index (χ2v) is 5.46. The number of hydrogen-bond acceptors (Lipinski definition) is 1. The monoisotopic (exact) mass is 238 g/mol. The van der Waals surface area contributed by atoms with Crippen LogP contribution in [-0.2, 0) is 0 Å². The van der Waals surface area contributed by atoms with Crippen molar-refractivity contribution in [3.05, 3.63) is 34.9 Å². The van der Waals surface area contributed by atoms with Gasteiger partial charge in [-0.05, 0) is 42.4 Å². The van der Waals surface area contributed by atoms with Gasteiger partial charge in [0.1, 0.15) is 0 Å². The number of benzene rings is 1. The first-order valence-electron chi connectivity index (χ1n) is 6.10. The average Bonchev–Trinajstić information content (AvgIpc) is 2.29. The van der Waals surface area contributed by atoms with E-state index < -0.39 is 0 Å². The van der Waals surface area contributed by atoms with Crippen LogP contribution in [0.1, 0.15) is 44.3 Å². The third kappa shape index (κ3) is 2.78. The molecule has 0 heterocycles. The van der Waals surface area contributed by atoms with E-state index in [1.165, 1.54) is 12.8 Å². The van der Waals surface area contributed by atoms with Gasteiger partial charge in [-0.1, -0.05) is 43.5 Å². The minimum atomic E-state index is -0.319. The number of halogens is 1. The van der Waals surface area contributed by atoms with E-state index in [4.69, 9.17) is 11.6 Å². The minimum Gasteiger partial charge on any atom is -0.388 e. The van der Waals surface area contributed by atoms with Crippen LogP contribution >= 0.6 is 11.6 Å². The summed E-state index contributed by atoms with van der Waals surface area (Å²) in [5.41, 5.74) is 1.00. The zero-order valence-electron chi connectivity index (χ0n) is 9.70. The first-order chi connectivity index (χ1) is 7.66. The van der Waals surface area contributed by atoms with E-state index in [-0.39, 0.29) is 6.10 Å². The normalized spacial score (nSPS) is 27.7. The molecule has 0 amide bonds. The Balaban J connectivity index is 2.06. The standard InChI is InChI=1S/C14H19ClO/c1-10-3-2-4-12(9-10)14(16)11-5-7-13(15)8-6-11/h5-8,10,12,14,16H,2-4,9H2,1H3. The predicted molar refractivity (Wildman–Crippen MR) is 67.5 cm³/mol. The topological polar surface area (TPSA) is 20.2 Å². The molecule has 1 aliphatic carbocycles. The Kier molecular flexibility index (Phi) is 3.88. The Morgan fingerprint density at radius 3 is 2.56 bits per heavy atom. The summed E-state index contributed by atoms with van der Waals surface area (Å²) >= 11 is 5.84. The van der Waals surface area contributed by atoms with Crippen LogP contribution in [0.5, 0.6) is 0 Å². The molecular weight excluding hydrogens is 220 g/mol. The maximum Gasteiger partial charge on any atom is 0.0818 e. The summed E-state index contributed by atoms with van der Waals surface area (Å²) in [6.45, 7) is 2.28. The Hall–Kier alpha value is -0.530. The lowest BCUT2D eigenvalue weighted by atomic mass is 9.78. The molecule has 0 spiro atoms. The van der Waals surface area contributed by atoms with Crippen molar-refractivity contribution in [2.75, 3.05) is 0 Å². The fourth-order valence-corrected chi connectivity index (χ4v) is 2.83. The van der Waals surface area contributed by atoms with E-state index in [1.54, 1.807) is 0 Å². The third-order valence-electron chi connectivity index (χ3n) is 3.64. The van der Waals surface area contributed by atoms with E-state index in [0.717, 1.165) is 29.3 Å². The third-order valence-corrected chi connectivity index (χ3v) is 3.89. The van der Waals surface area contributed by atoms with Crippen LogP contribution in [0.25, 0.3) is 0 Å². The van der Waals surface area contributed by atoms with Crippen LogP contribution < -0.4 is 0 Å². The first kappa shape index (κ1) is 11.9. The van der Waals surface area contributed by atoms with E-state index in [0.29, 0.717) is 5.92 Å². The second kappa shape index (κ2) is 5.20. The van der Waals surface area contributed by atoms with Gasteiger partial charge in [0.15, 0.2) is 0 Å². The number of hydrogen-bond donors (Lipinski definition) is 1. The van der Waals surface area contributed by atoms with Crippen LogP contribution in [0, 0.1) is 11.8 Å². The van der Waals surface area contributed by atoms with E-state index in [2.05, 4.69) is 6.92 Å².